The van der Waals surface area contributed by atoms with Crippen LogP contribution in [0.2, 0.25) is 0 Å². The van der Waals surface area contributed by atoms with Gasteiger partial charge < -0.3 is 20.1 Å². The number of allylic oxidation sites excluding steroid dienone is 1. The standard InChI is InChI=1S/C19H23ClN4O4S/c1-4-10-8-13(21-16(10)20)17(25)22-12-6-7-24(9-14(12)28-3)19-23-11(5-2)15(29-19)18(26)27/h5,12,14H,2,4,6-9H2,1,3H3,(H,22,25)(H,26,27)/t12-,14+/m1/s1. The van der Waals surface area contributed by atoms with Crippen molar-refractivity contribution in [2.75, 3.05) is 25.1 Å². The molecule has 3 rings (SSSR count). The molecule has 0 spiro atoms. The van der Waals surface area contributed by atoms with Gasteiger partial charge in [0.15, 0.2) is 5.13 Å². The SMILES string of the molecule is C=Cc1nc(N2CC[C@@H](NC(=O)C3=NC(Cl)=C(CC)C3)[C@@H](OC)C2)sc1C(=O)O. The van der Waals surface area contributed by atoms with Crippen LogP contribution >= 0.6 is 22.9 Å². The van der Waals surface area contributed by atoms with Crippen LogP contribution in [0, 0.1) is 0 Å². The maximum Gasteiger partial charge on any atom is 0.348 e. The Morgan fingerprint density at radius 1 is 1.52 bits per heavy atom. The molecule has 2 aliphatic rings. The molecule has 2 atom stereocenters. The summed E-state index contributed by atoms with van der Waals surface area (Å²) in [5.74, 6) is -1.26. The molecular weight excluding hydrogens is 416 g/mol. The summed E-state index contributed by atoms with van der Waals surface area (Å²) in [4.78, 5) is 34.7. The Bertz CT molecular complexity index is 895. The lowest BCUT2D eigenvalue weighted by Crippen LogP contribution is -2.55. The normalized spacial score (nSPS) is 21.9. The summed E-state index contributed by atoms with van der Waals surface area (Å²) in [6.07, 6.45) is 3.03. The minimum Gasteiger partial charge on any atom is -0.477 e. The van der Waals surface area contributed by atoms with Crippen LogP contribution in [0.1, 0.15) is 41.6 Å². The minimum absolute atomic E-state index is 0.162. The number of carboxylic acids is 1. The molecule has 156 valence electrons. The van der Waals surface area contributed by atoms with Crippen LogP contribution in [-0.4, -0.2) is 60.0 Å². The van der Waals surface area contributed by atoms with Crippen molar-refractivity contribution < 1.29 is 19.4 Å². The van der Waals surface area contributed by atoms with E-state index in [9.17, 15) is 14.7 Å². The van der Waals surface area contributed by atoms with Crippen LogP contribution in [0.15, 0.2) is 22.3 Å². The van der Waals surface area contributed by atoms with Crippen LogP contribution in [0.25, 0.3) is 6.08 Å². The highest BCUT2D eigenvalue weighted by Crippen LogP contribution is 2.30. The molecule has 1 aromatic heterocycles. The van der Waals surface area contributed by atoms with Gasteiger partial charge >= 0.3 is 5.97 Å². The van der Waals surface area contributed by atoms with Gasteiger partial charge in [-0.05, 0) is 24.5 Å². The van der Waals surface area contributed by atoms with Crippen molar-refractivity contribution >= 4 is 51.7 Å². The van der Waals surface area contributed by atoms with Crippen molar-refractivity contribution in [3.05, 3.63) is 27.9 Å². The monoisotopic (exact) mass is 438 g/mol. The quantitative estimate of drug-likeness (QED) is 0.634. The molecule has 1 aromatic rings. The van der Waals surface area contributed by atoms with Gasteiger partial charge in [-0.3, -0.25) is 4.79 Å². The Kier molecular flexibility index (Phi) is 6.71. The number of carboxylic acid groups (broad SMARTS) is 1. The number of thiazole rings is 1. The highest BCUT2D eigenvalue weighted by molar-refractivity contribution is 7.17. The second-order valence-electron chi connectivity index (χ2n) is 6.79. The number of ether oxygens (including phenoxy) is 1. The molecule has 2 aliphatic heterocycles. The number of piperidine rings is 1. The molecule has 0 radical (unpaired) electrons. The smallest absolute Gasteiger partial charge is 0.348 e. The number of aromatic carboxylic acids is 1. The topological polar surface area (TPSA) is 104 Å². The predicted molar refractivity (Wildman–Crippen MR) is 114 cm³/mol. The Hall–Kier alpha value is -2.23. The number of carbonyl (C=O) groups is 2. The molecule has 0 bridgehead atoms. The van der Waals surface area contributed by atoms with Crippen LogP contribution in [0.5, 0.6) is 0 Å². The van der Waals surface area contributed by atoms with E-state index in [1.807, 2.05) is 11.8 Å². The van der Waals surface area contributed by atoms with Gasteiger partial charge in [-0.1, -0.05) is 36.4 Å². The van der Waals surface area contributed by atoms with Gasteiger partial charge in [0, 0.05) is 26.6 Å². The molecule has 0 saturated carbocycles. The summed E-state index contributed by atoms with van der Waals surface area (Å²) in [7, 11) is 1.59. The summed E-state index contributed by atoms with van der Waals surface area (Å²) >= 11 is 7.19. The van der Waals surface area contributed by atoms with E-state index in [2.05, 4.69) is 21.9 Å². The number of methoxy groups -OCH3 is 1. The van der Waals surface area contributed by atoms with Crippen LogP contribution in [-0.2, 0) is 9.53 Å². The fourth-order valence-electron chi connectivity index (χ4n) is 3.41. The maximum atomic E-state index is 12.6. The third-order valence-corrected chi connectivity index (χ3v) is 6.54. The first kappa shape index (κ1) is 21.5. The summed E-state index contributed by atoms with van der Waals surface area (Å²) in [6, 6.07) is -0.186. The van der Waals surface area contributed by atoms with Crippen LogP contribution < -0.4 is 10.2 Å². The fourth-order valence-corrected chi connectivity index (χ4v) is 4.65. The van der Waals surface area contributed by atoms with Gasteiger partial charge in [-0.15, -0.1) is 0 Å². The van der Waals surface area contributed by atoms with E-state index in [1.54, 1.807) is 7.11 Å². The van der Waals surface area contributed by atoms with Crippen molar-refractivity contribution in [2.45, 2.75) is 38.3 Å². The largest absolute Gasteiger partial charge is 0.477 e. The molecule has 0 aromatic carbocycles. The number of amides is 1. The van der Waals surface area contributed by atoms with E-state index in [4.69, 9.17) is 16.3 Å². The molecule has 10 heteroatoms. The summed E-state index contributed by atoms with van der Waals surface area (Å²) < 4.78 is 5.60. The Morgan fingerprint density at radius 2 is 2.28 bits per heavy atom. The van der Waals surface area contributed by atoms with Crippen molar-refractivity contribution in [1.82, 2.24) is 10.3 Å². The molecule has 1 fully saturated rings. The molecule has 0 unspecified atom stereocenters. The average Bonchev–Trinajstić information content (AvgIpc) is 3.31. The molecule has 1 amide bonds. The van der Waals surface area contributed by atoms with Gasteiger partial charge in [-0.2, -0.15) is 0 Å². The van der Waals surface area contributed by atoms with E-state index < -0.39 is 5.97 Å². The molecule has 3 heterocycles. The molecule has 8 nitrogen and oxygen atoms in total. The van der Waals surface area contributed by atoms with Crippen LogP contribution in [0.3, 0.4) is 0 Å². The number of rotatable bonds is 7. The van der Waals surface area contributed by atoms with Gasteiger partial charge in [0.1, 0.15) is 15.7 Å². The number of hydrogen-bond acceptors (Lipinski definition) is 7. The first-order chi connectivity index (χ1) is 13.9. The fraction of sp³-hybridized carbons (Fsp3) is 0.474. The van der Waals surface area contributed by atoms with E-state index in [1.165, 1.54) is 6.08 Å². The van der Waals surface area contributed by atoms with E-state index in [-0.39, 0.29) is 22.9 Å². The average molecular weight is 439 g/mol. The first-order valence-corrected chi connectivity index (χ1v) is 10.5. The molecule has 2 N–H and O–H groups in total. The zero-order valence-corrected chi connectivity index (χ0v) is 17.8. The second kappa shape index (κ2) is 9.06. The number of hydrogen-bond donors (Lipinski definition) is 2. The van der Waals surface area contributed by atoms with E-state index >= 15 is 0 Å². The number of nitrogens with one attached hydrogen (secondary N) is 1. The summed E-state index contributed by atoms with van der Waals surface area (Å²) in [6.45, 7) is 6.71. The first-order valence-electron chi connectivity index (χ1n) is 9.28. The van der Waals surface area contributed by atoms with Gasteiger partial charge in [-0.25, -0.2) is 14.8 Å². The lowest BCUT2D eigenvalue weighted by molar-refractivity contribution is -0.116. The van der Waals surface area contributed by atoms with Crippen molar-refractivity contribution in [3.8, 4) is 0 Å². The van der Waals surface area contributed by atoms with E-state index in [0.29, 0.717) is 47.6 Å². The van der Waals surface area contributed by atoms with Crippen molar-refractivity contribution in [2.24, 2.45) is 4.99 Å². The maximum absolute atomic E-state index is 12.6. The number of anilines is 1. The molecule has 1 saturated heterocycles. The predicted octanol–water partition coefficient (Wildman–Crippen LogP) is 2.90. The van der Waals surface area contributed by atoms with E-state index in [0.717, 1.165) is 23.3 Å². The summed E-state index contributed by atoms with van der Waals surface area (Å²) in [5, 5.41) is 13.3. The zero-order chi connectivity index (χ0) is 21.1. The van der Waals surface area contributed by atoms with Crippen molar-refractivity contribution in [1.29, 1.82) is 0 Å². The third kappa shape index (κ3) is 4.52. The highest BCUT2D eigenvalue weighted by atomic mass is 35.5. The zero-order valence-electron chi connectivity index (χ0n) is 16.3. The number of carbonyl (C=O) groups excluding carboxylic acids is 1. The number of aromatic nitrogens is 1. The van der Waals surface area contributed by atoms with Crippen molar-refractivity contribution in [3.63, 3.8) is 0 Å². The number of halogens is 1. The third-order valence-electron chi connectivity index (χ3n) is 5.07. The van der Waals surface area contributed by atoms with Gasteiger partial charge in [0.05, 0.1) is 17.8 Å². The lowest BCUT2D eigenvalue weighted by atomic mass is 10.0. The molecule has 0 aliphatic carbocycles. The number of nitrogens with zero attached hydrogens (tertiary/aromatic N) is 3. The van der Waals surface area contributed by atoms with Crippen LogP contribution in [0.4, 0.5) is 5.13 Å². The Morgan fingerprint density at radius 3 is 2.83 bits per heavy atom. The van der Waals surface area contributed by atoms with Gasteiger partial charge in [0.25, 0.3) is 5.91 Å². The molecular formula is C19H23ClN4O4S. The van der Waals surface area contributed by atoms with Gasteiger partial charge in [0.2, 0.25) is 0 Å². The highest BCUT2D eigenvalue weighted by Gasteiger charge is 2.34. The Labute approximate surface area is 177 Å². The summed E-state index contributed by atoms with van der Waals surface area (Å²) in [5.41, 5.74) is 1.74. The minimum atomic E-state index is -1.02. The Balaban J connectivity index is 1.66. The lowest BCUT2D eigenvalue weighted by Gasteiger charge is -2.37. The molecule has 29 heavy (non-hydrogen) atoms. The second-order valence-corrected chi connectivity index (χ2v) is 8.13. The number of aliphatic imine (C=N–C) groups is 1.